The molecule has 1 rings (SSSR count). The smallest absolute Gasteiger partial charge is 0.248 e. The molecule has 18 heavy (non-hydrogen) atoms. The average Bonchev–Trinajstić information content (AvgIpc) is 2.25. The van der Waals surface area contributed by atoms with E-state index in [1.54, 1.807) is 0 Å². The quantitative estimate of drug-likeness (QED) is 0.653. The molecule has 1 fully saturated rings. The van der Waals surface area contributed by atoms with Gasteiger partial charge >= 0.3 is 0 Å². The minimum atomic E-state index is -2.68. The van der Waals surface area contributed by atoms with Gasteiger partial charge in [0.05, 0.1) is 5.90 Å². The predicted molar refractivity (Wildman–Crippen MR) is 63.2 cm³/mol. The molecule has 0 amide bonds. The lowest BCUT2D eigenvalue weighted by atomic mass is 9.84. The van der Waals surface area contributed by atoms with Crippen LogP contribution >= 0.6 is 16.8 Å². The van der Waals surface area contributed by atoms with Gasteiger partial charge in [-0.3, -0.25) is 4.79 Å². The number of hydrogen-bond donors (Lipinski definition) is 3. The molecule has 0 radical (unpaired) electrons. The number of Topliss-reactive ketones (excluding diaryl/α,β-unsaturated/α-hetero) is 1. The molecule has 1 atom stereocenters. The van der Waals surface area contributed by atoms with E-state index in [1.165, 1.54) is 0 Å². The number of halogens is 2. The van der Waals surface area contributed by atoms with Gasteiger partial charge in [0, 0.05) is 18.8 Å². The van der Waals surface area contributed by atoms with Crippen LogP contribution in [0, 0.1) is 5.92 Å². The first-order valence-corrected chi connectivity index (χ1v) is 8.28. The molecule has 1 aliphatic carbocycles. The maximum atomic E-state index is 12.9. The van der Waals surface area contributed by atoms with Crippen LogP contribution in [0.2, 0.25) is 0 Å². The highest BCUT2D eigenvalue weighted by Crippen LogP contribution is 2.44. The monoisotopic (exact) mass is 304 g/mol. The molecule has 0 heterocycles. The van der Waals surface area contributed by atoms with Gasteiger partial charge in [0.15, 0.2) is 22.5 Å². The van der Waals surface area contributed by atoms with Crippen LogP contribution in [-0.2, 0) is 9.32 Å². The third-order valence-electron chi connectivity index (χ3n) is 2.78. The third-order valence-corrected chi connectivity index (χ3v) is 5.18. The second-order valence-corrected chi connectivity index (χ2v) is 7.07. The minimum Gasteiger partial charge on any atom is -0.350 e. The van der Waals surface area contributed by atoms with E-state index >= 15 is 0 Å². The van der Waals surface area contributed by atoms with E-state index in [0.717, 1.165) is 0 Å². The number of alkyl halides is 2. The Balaban J connectivity index is 2.25. The van der Waals surface area contributed by atoms with Crippen molar-refractivity contribution in [2.75, 3.05) is 12.5 Å². The standard InChI is InChI=1S/C9H16F2O5P2/c10-9(11)3-1-7(2-4-9)8(12)5-16-18(15)6-17(13)14/h7,13-15H,1-6H2. The van der Waals surface area contributed by atoms with E-state index in [9.17, 15) is 18.5 Å². The molecule has 9 heteroatoms. The molecular formula is C9H16F2O5P2. The summed E-state index contributed by atoms with van der Waals surface area (Å²) in [5.74, 6) is -3.73. The summed E-state index contributed by atoms with van der Waals surface area (Å²) in [6.07, 6.45) is -0.331. The first-order valence-electron chi connectivity index (χ1n) is 5.45. The summed E-state index contributed by atoms with van der Waals surface area (Å²) in [5.41, 5.74) is 0. The minimum absolute atomic E-state index is 0.130. The third kappa shape index (κ3) is 5.91. The molecule has 0 aliphatic heterocycles. The number of ketones is 1. The highest BCUT2D eigenvalue weighted by molar-refractivity contribution is 7.63. The molecular weight excluding hydrogens is 288 g/mol. The summed E-state index contributed by atoms with van der Waals surface area (Å²) in [6, 6.07) is 0. The molecule has 3 N–H and O–H groups in total. The molecule has 5 nitrogen and oxygen atoms in total. The zero-order valence-electron chi connectivity index (χ0n) is 9.63. The topological polar surface area (TPSA) is 87.0 Å². The van der Waals surface area contributed by atoms with Crippen molar-refractivity contribution < 1.29 is 32.8 Å². The summed E-state index contributed by atoms with van der Waals surface area (Å²) in [7, 11) is -4.29. The Morgan fingerprint density at radius 3 is 2.33 bits per heavy atom. The zero-order chi connectivity index (χ0) is 13.8. The largest absolute Gasteiger partial charge is 0.350 e. The number of hydrogen-bond acceptors (Lipinski definition) is 5. The lowest BCUT2D eigenvalue weighted by Gasteiger charge is -2.27. The van der Waals surface area contributed by atoms with Gasteiger partial charge in [-0.2, -0.15) is 0 Å². The van der Waals surface area contributed by atoms with Crippen molar-refractivity contribution in [3.05, 3.63) is 0 Å². The van der Waals surface area contributed by atoms with Crippen molar-refractivity contribution in [3.63, 3.8) is 0 Å². The van der Waals surface area contributed by atoms with E-state index in [-0.39, 0.29) is 44.0 Å². The van der Waals surface area contributed by atoms with E-state index in [4.69, 9.17) is 14.3 Å². The van der Waals surface area contributed by atoms with Crippen LogP contribution in [0.15, 0.2) is 0 Å². The van der Waals surface area contributed by atoms with Gasteiger partial charge in [-0.1, -0.05) is 0 Å². The second-order valence-electron chi connectivity index (χ2n) is 4.24. The van der Waals surface area contributed by atoms with Crippen LogP contribution in [0.3, 0.4) is 0 Å². The van der Waals surface area contributed by atoms with E-state index in [2.05, 4.69) is 0 Å². The Bertz CT molecular complexity index is 280. The van der Waals surface area contributed by atoms with Gasteiger partial charge in [0.25, 0.3) is 0 Å². The zero-order valence-corrected chi connectivity index (χ0v) is 11.4. The fourth-order valence-corrected chi connectivity index (χ4v) is 3.24. The van der Waals surface area contributed by atoms with Crippen LogP contribution < -0.4 is 0 Å². The Kier molecular flexibility index (Phi) is 6.45. The van der Waals surface area contributed by atoms with Crippen LogP contribution in [0.25, 0.3) is 0 Å². The fourth-order valence-electron chi connectivity index (χ4n) is 1.77. The van der Waals surface area contributed by atoms with Gasteiger partial charge < -0.3 is 19.2 Å². The molecule has 1 aliphatic rings. The SMILES string of the molecule is O=C(COP(O)CP(O)O)C1CCC(F)(F)CC1. The Morgan fingerprint density at radius 2 is 1.83 bits per heavy atom. The Hall–Kier alpha value is 0.230. The van der Waals surface area contributed by atoms with Crippen molar-refractivity contribution in [3.8, 4) is 0 Å². The van der Waals surface area contributed by atoms with E-state index in [1.807, 2.05) is 0 Å². The van der Waals surface area contributed by atoms with Crippen molar-refractivity contribution in [1.82, 2.24) is 0 Å². The maximum Gasteiger partial charge on any atom is 0.248 e. The molecule has 0 aromatic heterocycles. The Morgan fingerprint density at radius 1 is 1.28 bits per heavy atom. The number of carbonyl (C=O) groups excluding carboxylic acids is 1. The first-order chi connectivity index (χ1) is 8.30. The van der Waals surface area contributed by atoms with Gasteiger partial charge in [-0.05, 0) is 12.8 Å². The summed E-state index contributed by atoms with van der Waals surface area (Å²) < 4.78 is 30.5. The van der Waals surface area contributed by atoms with Crippen LogP contribution in [0.4, 0.5) is 8.78 Å². The normalized spacial score (nSPS) is 22.1. The molecule has 0 saturated heterocycles. The van der Waals surface area contributed by atoms with Crippen molar-refractivity contribution in [1.29, 1.82) is 0 Å². The van der Waals surface area contributed by atoms with Crippen LogP contribution in [-0.4, -0.2) is 38.9 Å². The fraction of sp³-hybridized carbons (Fsp3) is 0.889. The number of carbonyl (C=O) groups is 1. The van der Waals surface area contributed by atoms with E-state index < -0.39 is 28.6 Å². The summed E-state index contributed by atoms with van der Waals surface area (Å²) in [6.45, 7) is -0.360. The highest BCUT2D eigenvalue weighted by atomic mass is 31.2. The Labute approximate surface area is 106 Å². The van der Waals surface area contributed by atoms with Crippen molar-refractivity contribution >= 4 is 22.5 Å². The summed E-state index contributed by atoms with van der Waals surface area (Å²) in [4.78, 5) is 38.1. The van der Waals surface area contributed by atoms with Gasteiger partial charge in [-0.15, -0.1) is 0 Å². The van der Waals surface area contributed by atoms with Crippen molar-refractivity contribution in [2.45, 2.75) is 31.6 Å². The van der Waals surface area contributed by atoms with Crippen LogP contribution in [0.5, 0.6) is 0 Å². The molecule has 0 aromatic carbocycles. The molecule has 0 spiro atoms. The lowest BCUT2D eigenvalue weighted by Crippen LogP contribution is -2.30. The van der Waals surface area contributed by atoms with E-state index in [0.29, 0.717) is 0 Å². The molecule has 1 saturated carbocycles. The average molecular weight is 304 g/mol. The van der Waals surface area contributed by atoms with Gasteiger partial charge in [0.2, 0.25) is 5.92 Å². The molecule has 106 valence electrons. The summed E-state index contributed by atoms with van der Waals surface area (Å²) in [5, 5.41) is 0. The molecule has 1 unspecified atom stereocenters. The highest BCUT2D eigenvalue weighted by Gasteiger charge is 2.37. The number of rotatable bonds is 6. The molecule has 0 aromatic rings. The van der Waals surface area contributed by atoms with Gasteiger partial charge in [0.1, 0.15) is 6.61 Å². The maximum absolute atomic E-state index is 12.9. The van der Waals surface area contributed by atoms with Crippen LogP contribution in [0.1, 0.15) is 25.7 Å². The first kappa shape index (κ1) is 16.3. The lowest BCUT2D eigenvalue weighted by molar-refractivity contribution is -0.129. The molecule has 0 bridgehead atoms. The van der Waals surface area contributed by atoms with Gasteiger partial charge in [-0.25, -0.2) is 8.78 Å². The van der Waals surface area contributed by atoms with Crippen molar-refractivity contribution in [2.24, 2.45) is 5.92 Å². The summed E-state index contributed by atoms with van der Waals surface area (Å²) >= 11 is 0. The second kappa shape index (κ2) is 7.13. The predicted octanol–water partition coefficient (Wildman–Crippen LogP) is 1.96.